The maximum atomic E-state index is 12.9. The highest BCUT2D eigenvalue weighted by molar-refractivity contribution is 7.47. The summed E-state index contributed by atoms with van der Waals surface area (Å²) in [6.07, 6.45) is 103. The van der Waals surface area contributed by atoms with Crippen LogP contribution in [0.1, 0.15) is 367 Å². The molecule has 0 saturated carbocycles. The molecule has 0 fully saturated rings. The minimum Gasteiger partial charge on any atom is -0.462 e. The Morgan fingerprint density at radius 1 is 0.344 bits per heavy atom. The van der Waals surface area contributed by atoms with E-state index in [1.165, 1.54) is 250 Å². The molecule has 0 spiro atoms. The largest absolute Gasteiger partial charge is 0.472 e. The van der Waals surface area contributed by atoms with Crippen molar-refractivity contribution in [1.82, 2.24) is 0 Å². The lowest BCUT2D eigenvalue weighted by Crippen LogP contribution is -2.37. The molecule has 0 aromatic rings. The monoisotopic (exact) mass is 1320 g/mol. The molecule has 1 N–H and O–H groups in total. The standard InChI is InChI=1S/C83H150NO8P/c1-6-8-10-12-14-16-18-20-22-24-26-28-30-32-34-36-37-38-39-40-41-42-43-44-45-46-47-48-50-52-54-56-58-60-62-64-66-68-70-72-74-76-83(86)92-81(80-91-93(87,88)90-78-77-84(3,4)5)79-89-82(85)75-73-71-69-67-65-63-61-59-57-55-53-51-49-35-33-31-29-27-25-23-21-19-17-15-13-11-9-7-2/h8,10,14,16,20,22,26,28,32,34,37-38,40-41,43-44,81H,6-7,9,11-13,15,17-19,21,23-25,27,29-31,33,35-36,39,42,45-80H2,1-5H3/p+1/b10-8-,16-14-,22-20-,28-26-,34-32-,38-37-,41-40-,44-43-. The molecule has 0 aromatic carbocycles. The average Bonchev–Trinajstić information content (AvgIpc) is 2.30. The van der Waals surface area contributed by atoms with Crippen LogP contribution in [0.3, 0.4) is 0 Å². The zero-order chi connectivity index (χ0) is 67.6. The molecular weight excluding hydrogens is 1170 g/mol. The van der Waals surface area contributed by atoms with Crippen molar-refractivity contribution in [3.05, 3.63) is 97.2 Å². The number of carbonyl (C=O) groups is 2. The second kappa shape index (κ2) is 73.2. The van der Waals surface area contributed by atoms with Crippen LogP contribution in [0.25, 0.3) is 0 Å². The molecule has 0 saturated heterocycles. The van der Waals surface area contributed by atoms with E-state index < -0.39 is 26.5 Å². The molecular formula is C83H151NO8P+. The number of hydrogen-bond donors (Lipinski definition) is 1. The van der Waals surface area contributed by atoms with Gasteiger partial charge in [-0.2, -0.15) is 0 Å². The molecule has 0 heterocycles. The van der Waals surface area contributed by atoms with Gasteiger partial charge in [-0.25, -0.2) is 4.57 Å². The maximum Gasteiger partial charge on any atom is 0.472 e. The van der Waals surface area contributed by atoms with Crippen molar-refractivity contribution in [2.45, 2.75) is 373 Å². The Kier molecular flexibility index (Phi) is 70.8. The fraction of sp³-hybridized carbons (Fsp3) is 0.783. The van der Waals surface area contributed by atoms with Crippen molar-refractivity contribution >= 4 is 19.8 Å². The van der Waals surface area contributed by atoms with E-state index in [1.807, 2.05) is 21.1 Å². The Morgan fingerprint density at radius 3 is 0.914 bits per heavy atom. The molecule has 0 aliphatic heterocycles. The van der Waals surface area contributed by atoms with Crippen molar-refractivity contribution in [2.75, 3.05) is 47.5 Å². The van der Waals surface area contributed by atoms with Crippen molar-refractivity contribution in [2.24, 2.45) is 0 Å². The van der Waals surface area contributed by atoms with Gasteiger partial charge in [0.2, 0.25) is 0 Å². The first kappa shape index (κ1) is 89.9. The number of phosphoric ester groups is 1. The van der Waals surface area contributed by atoms with E-state index in [0.29, 0.717) is 23.9 Å². The number of quaternary nitrogens is 1. The number of ether oxygens (including phenoxy) is 2. The molecule has 2 unspecified atom stereocenters. The Morgan fingerprint density at radius 2 is 0.613 bits per heavy atom. The van der Waals surface area contributed by atoms with Gasteiger partial charge in [0.1, 0.15) is 19.8 Å². The van der Waals surface area contributed by atoms with E-state index in [0.717, 1.165) is 83.5 Å². The number of carbonyl (C=O) groups excluding carboxylic acids is 2. The predicted octanol–water partition coefficient (Wildman–Crippen LogP) is 26.2. The summed E-state index contributed by atoms with van der Waals surface area (Å²) in [7, 11) is 1.49. The molecule has 9 nitrogen and oxygen atoms in total. The molecule has 0 amide bonds. The van der Waals surface area contributed by atoms with E-state index in [1.54, 1.807) is 0 Å². The first-order chi connectivity index (χ1) is 45.5. The van der Waals surface area contributed by atoms with Gasteiger partial charge in [-0.05, 0) is 77.0 Å². The van der Waals surface area contributed by atoms with Gasteiger partial charge < -0.3 is 18.9 Å². The van der Waals surface area contributed by atoms with Gasteiger partial charge in [-0.1, -0.05) is 374 Å². The molecule has 0 aliphatic carbocycles. The van der Waals surface area contributed by atoms with Crippen molar-refractivity contribution in [1.29, 1.82) is 0 Å². The van der Waals surface area contributed by atoms with Crippen LogP contribution in [0.4, 0.5) is 0 Å². The average molecular weight is 1320 g/mol. The lowest BCUT2D eigenvalue weighted by atomic mass is 10.0. The van der Waals surface area contributed by atoms with Gasteiger partial charge in [0.15, 0.2) is 6.10 Å². The van der Waals surface area contributed by atoms with Gasteiger partial charge in [0.25, 0.3) is 0 Å². The summed E-state index contributed by atoms with van der Waals surface area (Å²) >= 11 is 0. The topological polar surface area (TPSA) is 108 Å². The van der Waals surface area contributed by atoms with Crippen LogP contribution in [-0.4, -0.2) is 74.9 Å². The molecule has 0 bridgehead atoms. The molecule has 2 atom stereocenters. The fourth-order valence-corrected chi connectivity index (χ4v) is 12.1. The number of nitrogens with zero attached hydrogens (tertiary/aromatic N) is 1. The third kappa shape index (κ3) is 77.8. The van der Waals surface area contributed by atoms with Gasteiger partial charge in [0, 0.05) is 12.8 Å². The van der Waals surface area contributed by atoms with Crippen molar-refractivity contribution < 1.29 is 42.1 Å². The second-order valence-corrected chi connectivity index (χ2v) is 29.2. The molecule has 0 rings (SSSR count). The Labute approximate surface area is 576 Å². The highest BCUT2D eigenvalue weighted by Gasteiger charge is 2.27. The number of likely N-dealkylation sites (N-methyl/N-ethyl adjacent to an activating group) is 1. The summed E-state index contributed by atoms with van der Waals surface area (Å²) in [5.41, 5.74) is 0. The first-order valence-electron chi connectivity index (χ1n) is 39.5. The number of esters is 2. The fourth-order valence-electron chi connectivity index (χ4n) is 11.4. The molecule has 0 radical (unpaired) electrons. The molecule has 540 valence electrons. The van der Waals surface area contributed by atoms with E-state index in [9.17, 15) is 19.0 Å². The smallest absolute Gasteiger partial charge is 0.462 e. The SMILES string of the molecule is CC/C=C\C/C=C\C/C=C\C/C=C\C/C=C\C/C=C\C/C=C\C/C=C\CCCCCCCCCCCCCCCCCCC(=O)OC(COC(=O)CCCCCCCCCCCCCCCCCCCCCCCCCCCCCC)COP(=O)(O)OCC[N+](C)(C)C. The normalized spacial score (nSPS) is 13.6. The van der Waals surface area contributed by atoms with Crippen LogP contribution in [-0.2, 0) is 32.7 Å². The highest BCUT2D eigenvalue weighted by atomic mass is 31.2. The summed E-state index contributed by atoms with van der Waals surface area (Å²) in [6.45, 7) is 4.38. The lowest BCUT2D eigenvalue weighted by molar-refractivity contribution is -0.870. The van der Waals surface area contributed by atoms with Crippen LogP contribution in [0.2, 0.25) is 0 Å². The first-order valence-corrected chi connectivity index (χ1v) is 41.0. The summed E-state index contributed by atoms with van der Waals surface area (Å²) in [5, 5.41) is 0. The lowest BCUT2D eigenvalue weighted by Gasteiger charge is -2.24. The van der Waals surface area contributed by atoms with E-state index in [2.05, 4.69) is 111 Å². The number of unbranched alkanes of at least 4 members (excludes halogenated alkanes) is 43. The van der Waals surface area contributed by atoms with Crippen LogP contribution in [0.15, 0.2) is 97.2 Å². The summed E-state index contributed by atoms with van der Waals surface area (Å²) in [5.74, 6) is -0.780. The summed E-state index contributed by atoms with van der Waals surface area (Å²) < 4.78 is 34.8. The molecule has 93 heavy (non-hydrogen) atoms. The van der Waals surface area contributed by atoms with E-state index in [4.69, 9.17) is 18.5 Å². The summed E-state index contributed by atoms with van der Waals surface area (Å²) in [4.78, 5) is 36.0. The van der Waals surface area contributed by atoms with Crippen LogP contribution in [0.5, 0.6) is 0 Å². The maximum absolute atomic E-state index is 12.9. The van der Waals surface area contributed by atoms with E-state index in [-0.39, 0.29) is 25.6 Å². The second-order valence-electron chi connectivity index (χ2n) is 27.7. The molecule has 0 aromatic heterocycles. The van der Waals surface area contributed by atoms with Crippen LogP contribution < -0.4 is 0 Å². The number of hydrogen-bond acceptors (Lipinski definition) is 7. The summed E-state index contributed by atoms with van der Waals surface area (Å²) in [6, 6.07) is 0. The van der Waals surface area contributed by atoms with Crippen LogP contribution in [0, 0.1) is 0 Å². The zero-order valence-corrected chi connectivity index (χ0v) is 62.6. The number of allylic oxidation sites excluding steroid dienone is 16. The third-order valence-corrected chi connectivity index (χ3v) is 18.4. The Hall–Kier alpha value is -3.07. The molecule has 10 heteroatoms. The highest BCUT2D eigenvalue weighted by Crippen LogP contribution is 2.43. The number of rotatable bonds is 73. The zero-order valence-electron chi connectivity index (χ0n) is 61.7. The van der Waals surface area contributed by atoms with Gasteiger partial charge in [-0.15, -0.1) is 0 Å². The quantitative estimate of drug-likeness (QED) is 0.0211. The predicted molar refractivity (Wildman–Crippen MR) is 404 cm³/mol. The van der Waals surface area contributed by atoms with Crippen LogP contribution >= 0.6 is 7.82 Å². The Balaban J connectivity index is 3.96. The van der Waals surface area contributed by atoms with E-state index >= 15 is 0 Å². The third-order valence-electron chi connectivity index (χ3n) is 17.4. The molecule has 0 aliphatic rings. The van der Waals surface area contributed by atoms with Crippen molar-refractivity contribution in [3.63, 3.8) is 0 Å². The Bertz CT molecular complexity index is 1890. The van der Waals surface area contributed by atoms with Gasteiger partial charge in [-0.3, -0.25) is 18.6 Å². The van der Waals surface area contributed by atoms with Gasteiger partial charge in [0.05, 0.1) is 27.7 Å². The van der Waals surface area contributed by atoms with Crippen molar-refractivity contribution in [3.8, 4) is 0 Å². The number of phosphoric acid groups is 1. The minimum absolute atomic E-state index is 0.0317. The van der Waals surface area contributed by atoms with Gasteiger partial charge >= 0.3 is 19.8 Å². The minimum atomic E-state index is -4.40.